The minimum Gasteiger partial charge on any atom is -0.381 e. The van der Waals surface area contributed by atoms with Gasteiger partial charge in [0.25, 0.3) is 0 Å². The van der Waals surface area contributed by atoms with E-state index in [0.29, 0.717) is 5.92 Å². The zero-order valence-electron chi connectivity index (χ0n) is 29.7. The van der Waals surface area contributed by atoms with Crippen molar-refractivity contribution in [2.24, 2.45) is 0 Å². The van der Waals surface area contributed by atoms with Crippen molar-refractivity contribution in [1.82, 2.24) is 5.32 Å². The molecule has 8 rings (SSSR count). The predicted octanol–water partition coefficient (Wildman–Crippen LogP) is 13.3. The van der Waals surface area contributed by atoms with Gasteiger partial charge < -0.3 is 10.6 Å². The van der Waals surface area contributed by atoms with Gasteiger partial charge in [0.15, 0.2) is 0 Å². The topological polar surface area (TPSA) is 24.1 Å². The van der Waals surface area contributed by atoms with Gasteiger partial charge in [-0.15, -0.1) is 0 Å². The van der Waals surface area contributed by atoms with E-state index in [1.165, 1.54) is 55.8 Å². The van der Waals surface area contributed by atoms with E-state index >= 15 is 0 Å². The molecule has 258 valence electrons. The Hall–Kier alpha value is -4.87. The van der Waals surface area contributed by atoms with Gasteiger partial charge in [-0.1, -0.05) is 174 Å². The lowest BCUT2D eigenvalue weighted by atomic mass is 9.75. The second kappa shape index (κ2) is 15.4. The summed E-state index contributed by atoms with van der Waals surface area (Å²) >= 11 is 2.77. The first kappa shape index (κ1) is 34.2. The lowest BCUT2D eigenvalue weighted by Crippen LogP contribution is -2.42. The number of aryl methyl sites for hydroxylation is 1. The van der Waals surface area contributed by atoms with Crippen molar-refractivity contribution < 1.29 is 0 Å². The third-order valence-electron chi connectivity index (χ3n) is 10.7. The van der Waals surface area contributed by atoms with Crippen LogP contribution in [0.3, 0.4) is 0 Å². The number of halogens is 1. The second-order valence-electron chi connectivity index (χ2n) is 14.3. The van der Waals surface area contributed by atoms with Gasteiger partial charge >= 0.3 is 0 Å². The molecule has 0 amide bonds. The minimum atomic E-state index is -0.129. The normalized spacial score (nSPS) is 21.2. The molecule has 3 aliphatic carbocycles. The first-order valence-corrected chi connectivity index (χ1v) is 19.7. The smallest absolute Gasteiger partial charge is 0.0864 e. The second-order valence-corrected chi connectivity index (χ2v) is 16.1. The molecule has 3 aliphatic rings. The summed E-state index contributed by atoms with van der Waals surface area (Å²) in [5.74, 6) is 0.397. The monoisotopic (exact) mass is 788 g/mol. The molecule has 0 aromatic heterocycles. The number of hydrogen-bond donors (Lipinski definition) is 2. The van der Waals surface area contributed by atoms with E-state index in [1.807, 2.05) is 0 Å². The van der Waals surface area contributed by atoms with Crippen LogP contribution in [0.25, 0.3) is 27.8 Å². The fourth-order valence-corrected chi connectivity index (χ4v) is 9.07. The van der Waals surface area contributed by atoms with Crippen molar-refractivity contribution >= 4 is 39.5 Å². The largest absolute Gasteiger partial charge is 0.381 e. The molecule has 0 spiro atoms. The van der Waals surface area contributed by atoms with E-state index in [4.69, 9.17) is 0 Å². The van der Waals surface area contributed by atoms with Crippen LogP contribution in [0.1, 0.15) is 54.7 Å². The zero-order valence-corrected chi connectivity index (χ0v) is 31.9. The average Bonchev–Trinajstić information content (AvgIpc) is 3.21. The highest BCUT2D eigenvalue weighted by Crippen LogP contribution is 2.50. The van der Waals surface area contributed by atoms with Crippen LogP contribution in [0.4, 0.5) is 11.4 Å². The number of allylic oxidation sites excluding steroid dienone is 7. The number of hydrogen-bond acceptors (Lipinski definition) is 2. The van der Waals surface area contributed by atoms with Gasteiger partial charge in [0.05, 0.1) is 3.42 Å². The molecule has 0 heterocycles. The summed E-state index contributed by atoms with van der Waals surface area (Å²) in [6, 6.07) is 46.4. The Labute approximate surface area is 322 Å². The van der Waals surface area contributed by atoms with Crippen LogP contribution in [-0.4, -0.2) is 9.46 Å². The molecule has 2 N–H and O–H groups in total. The van der Waals surface area contributed by atoms with Crippen LogP contribution in [-0.2, 0) is 0 Å². The first-order chi connectivity index (χ1) is 25.5. The summed E-state index contributed by atoms with van der Waals surface area (Å²) in [6.45, 7) is 2.16. The molecular weight excluding hydrogens is 743 g/mol. The Morgan fingerprint density at radius 3 is 2.06 bits per heavy atom. The van der Waals surface area contributed by atoms with Gasteiger partial charge in [0.2, 0.25) is 0 Å². The fraction of sp³-hybridized carbons (Fsp3) is 0.184. The highest BCUT2D eigenvalue weighted by atomic mass is 127. The average molecular weight is 789 g/mol. The third-order valence-corrected chi connectivity index (χ3v) is 12.4. The summed E-state index contributed by atoms with van der Waals surface area (Å²) < 4.78 is -0.129. The summed E-state index contributed by atoms with van der Waals surface area (Å²) in [7, 11) is 0. The van der Waals surface area contributed by atoms with Crippen molar-refractivity contribution in [2.45, 2.75) is 54.4 Å². The molecule has 0 bridgehead atoms. The Balaban J connectivity index is 1.08. The highest BCUT2D eigenvalue weighted by molar-refractivity contribution is 14.1. The van der Waals surface area contributed by atoms with Crippen molar-refractivity contribution in [3.8, 4) is 22.3 Å². The molecule has 5 aromatic carbocycles. The van der Waals surface area contributed by atoms with Crippen LogP contribution in [0.5, 0.6) is 0 Å². The molecule has 0 fully saturated rings. The quantitative estimate of drug-likeness (QED) is 0.115. The van der Waals surface area contributed by atoms with Crippen molar-refractivity contribution in [1.29, 1.82) is 0 Å². The van der Waals surface area contributed by atoms with Gasteiger partial charge in [-0.25, -0.2) is 0 Å². The molecule has 52 heavy (non-hydrogen) atoms. The molecule has 3 atom stereocenters. The van der Waals surface area contributed by atoms with Gasteiger partial charge in [-0.3, -0.25) is 0 Å². The first-order valence-electron chi connectivity index (χ1n) is 18.6. The maximum absolute atomic E-state index is 4.02. The Morgan fingerprint density at radius 2 is 1.37 bits per heavy atom. The lowest BCUT2D eigenvalue weighted by molar-refractivity contribution is 0.510. The number of rotatable bonds is 9. The van der Waals surface area contributed by atoms with E-state index in [2.05, 4.69) is 210 Å². The van der Waals surface area contributed by atoms with Crippen LogP contribution in [0, 0.1) is 6.92 Å². The standard InChI is InChI=1S/C49H45IN2/c1-35-17-19-40(20-18-35)46-33-41(25-31-47(46)51-44-27-21-38(22-28-44)36-11-5-2-6-12-36)42-26-32-48(49(50,34-42)43-15-9-4-10-16-43)52-45-29-23-39(24-30-45)37-13-7-3-8-14-37/h2-3,5-9,11-25,27-29,31-33,42,45,51-52H,4,10,26,30,34H2,1H3. The SMILES string of the molecule is Cc1ccc(-c2cc(C3CC=C(NC4C=CC(c5ccccc5)=CC4)C(I)(C4=CCCC=C4)C3)ccc2Nc2ccc(-c3ccccc3)cc2)cc1. The molecule has 0 aliphatic heterocycles. The Bertz CT molecular complexity index is 2170. The van der Waals surface area contributed by atoms with E-state index < -0.39 is 0 Å². The summed E-state index contributed by atoms with van der Waals surface area (Å²) in [5.41, 5.74) is 15.2. The predicted molar refractivity (Wildman–Crippen MR) is 230 cm³/mol. The van der Waals surface area contributed by atoms with Gasteiger partial charge in [0, 0.05) is 28.7 Å². The summed E-state index contributed by atoms with van der Waals surface area (Å²) in [6.07, 6.45) is 22.0. The van der Waals surface area contributed by atoms with Gasteiger partial charge in [0.1, 0.15) is 0 Å². The minimum absolute atomic E-state index is 0.129. The van der Waals surface area contributed by atoms with Crippen LogP contribution < -0.4 is 10.6 Å². The fourth-order valence-electron chi connectivity index (χ4n) is 7.76. The number of nitrogens with one attached hydrogen (secondary N) is 2. The van der Waals surface area contributed by atoms with E-state index in [1.54, 1.807) is 0 Å². The Kier molecular flexibility index (Phi) is 10.1. The number of benzene rings is 5. The molecule has 5 aromatic rings. The van der Waals surface area contributed by atoms with Crippen molar-refractivity contribution in [3.63, 3.8) is 0 Å². The van der Waals surface area contributed by atoms with Crippen molar-refractivity contribution in [2.75, 3.05) is 5.32 Å². The number of alkyl halides is 1. The maximum Gasteiger partial charge on any atom is 0.0864 e. The molecular formula is C49H45IN2. The van der Waals surface area contributed by atoms with Crippen LogP contribution >= 0.6 is 22.6 Å². The van der Waals surface area contributed by atoms with Crippen molar-refractivity contribution in [3.05, 3.63) is 198 Å². The molecule has 0 saturated carbocycles. The summed E-state index contributed by atoms with van der Waals surface area (Å²) in [5, 5.41) is 7.80. The molecule has 3 unspecified atom stereocenters. The van der Waals surface area contributed by atoms with E-state index in [0.717, 1.165) is 43.5 Å². The summed E-state index contributed by atoms with van der Waals surface area (Å²) in [4.78, 5) is 0. The lowest BCUT2D eigenvalue weighted by Gasteiger charge is -2.41. The molecule has 2 nitrogen and oxygen atoms in total. The maximum atomic E-state index is 4.02. The molecule has 0 radical (unpaired) electrons. The molecule has 0 saturated heterocycles. The Morgan fingerprint density at radius 1 is 0.654 bits per heavy atom. The van der Waals surface area contributed by atoms with E-state index in [9.17, 15) is 0 Å². The third kappa shape index (κ3) is 7.52. The highest BCUT2D eigenvalue weighted by Gasteiger charge is 2.41. The zero-order chi connectivity index (χ0) is 35.3. The van der Waals surface area contributed by atoms with Crippen LogP contribution in [0.2, 0.25) is 0 Å². The van der Waals surface area contributed by atoms with Crippen LogP contribution in [0.15, 0.2) is 181 Å². The number of anilines is 2. The van der Waals surface area contributed by atoms with Gasteiger partial charge in [-0.05, 0) is 108 Å². The van der Waals surface area contributed by atoms with E-state index in [-0.39, 0.29) is 9.46 Å². The molecule has 3 heteroatoms. The van der Waals surface area contributed by atoms with Gasteiger partial charge in [-0.2, -0.15) is 0 Å².